The van der Waals surface area contributed by atoms with Gasteiger partial charge in [0.2, 0.25) is 5.91 Å². The van der Waals surface area contributed by atoms with Gasteiger partial charge in [-0.3, -0.25) is 9.36 Å². The van der Waals surface area contributed by atoms with E-state index in [1.807, 2.05) is 90.4 Å². The third-order valence-corrected chi connectivity index (χ3v) is 5.96. The monoisotopic (exact) mass is 448 g/mol. The zero-order valence-electron chi connectivity index (χ0n) is 16.9. The number of carbonyl (C=O) groups excluding carboxylic acids is 1. The van der Waals surface area contributed by atoms with E-state index in [1.54, 1.807) is 6.33 Å². The molecule has 0 saturated carbocycles. The molecule has 1 heterocycles. The first kappa shape index (κ1) is 21.2. The van der Waals surface area contributed by atoms with E-state index in [2.05, 4.69) is 15.5 Å². The highest BCUT2D eigenvalue weighted by molar-refractivity contribution is 7.99. The van der Waals surface area contributed by atoms with Gasteiger partial charge in [-0.15, -0.1) is 10.2 Å². The molecule has 0 aliphatic carbocycles. The Morgan fingerprint density at radius 1 is 1.03 bits per heavy atom. The van der Waals surface area contributed by atoms with E-state index in [1.165, 1.54) is 17.3 Å². The number of rotatable bonds is 7. The molecule has 1 atom stereocenters. The molecule has 5 nitrogen and oxygen atoms in total. The topological polar surface area (TPSA) is 59.8 Å². The van der Waals surface area contributed by atoms with E-state index in [0.29, 0.717) is 10.2 Å². The molecule has 1 unspecified atom stereocenters. The van der Waals surface area contributed by atoms with Crippen molar-refractivity contribution < 1.29 is 4.79 Å². The Bertz CT molecular complexity index is 1160. The highest BCUT2D eigenvalue weighted by Crippen LogP contribution is 2.25. The van der Waals surface area contributed by atoms with Crippen molar-refractivity contribution in [3.05, 3.63) is 107 Å². The van der Waals surface area contributed by atoms with Crippen molar-refractivity contribution in [1.29, 1.82) is 0 Å². The van der Waals surface area contributed by atoms with Gasteiger partial charge in [-0.1, -0.05) is 83.5 Å². The van der Waals surface area contributed by atoms with Gasteiger partial charge >= 0.3 is 0 Å². The molecule has 1 N–H and O–H groups in total. The van der Waals surface area contributed by atoms with Crippen LogP contribution in [0.1, 0.15) is 22.7 Å². The summed E-state index contributed by atoms with van der Waals surface area (Å²) in [5, 5.41) is 12.6. The molecule has 0 saturated heterocycles. The van der Waals surface area contributed by atoms with Crippen LogP contribution < -0.4 is 5.32 Å². The highest BCUT2D eigenvalue weighted by atomic mass is 35.5. The van der Waals surface area contributed by atoms with Gasteiger partial charge in [0.1, 0.15) is 6.33 Å². The number of nitrogens with one attached hydrogen (secondary N) is 1. The summed E-state index contributed by atoms with van der Waals surface area (Å²) in [7, 11) is 0. The predicted molar refractivity (Wildman–Crippen MR) is 125 cm³/mol. The van der Waals surface area contributed by atoms with Crippen molar-refractivity contribution in [3.8, 4) is 5.69 Å². The number of aromatic nitrogens is 3. The van der Waals surface area contributed by atoms with Crippen LogP contribution in [0.2, 0.25) is 5.02 Å². The zero-order valence-corrected chi connectivity index (χ0v) is 18.5. The van der Waals surface area contributed by atoms with Crippen LogP contribution in [0.3, 0.4) is 0 Å². The summed E-state index contributed by atoms with van der Waals surface area (Å²) in [5.74, 6) is 0.117. The number of amides is 1. The van der Waals surface area contributed by atoms with Gasteiger partial charge in [-0.05, 0) is 42.3 Å². The van der Waals surface area contributed by atoms with E-state index < -0.39 is 0 Å². The molecule has 0 aliphatic heterocycles. The van der Waals surface area contributed by atoms with Crippen LogP contribution in [-0.4, -0.2) is 26.4 Å². The van der Waals surface area contributed by atoms with E-state index in [9.17, 15) is 4.79 Å². The molecule has 7 heteroatoms. The van der Waals surface area contributed by atoms with Crippen molar-refractivity contribution in [2.45, 2.75) is 18.1 Å². The minimum Gasteiger partial charge on any atom is -0.344 e. The standard InChI is InChI=1S/C24H21ClN4OS/c1-17-10-12-21(13-11-17)29-16-26-28-24(29)31-15-22(30)27-23(18-6-3-2-4-7-18)19-8-5-9-20(25)14-19/h2-14,16,23H,15H2,1H3,(H,27,30). The molecule has 1 amide bonds. The number of hydrogen-bond donors (Lipinski definition) is 1. The minimum atomic E-state index is -0.289. The Morgan fingerprint density at radius 3 is 2.52 bits per heavy atom. The van der Waals surface area contributed by atoms with E-state index in [4.69, 9.17) is 11.6 Å². The summed E-state index contributed by atoms with van der Waals surface area (Å²) >= 11 is 7.54. The molecule has 0 radical (unpaired) electrons. The summed E-state index contributed by atoms with van der Waals surface area (Å²) in [5.41, 5.74) is 4.06. The molecule has 156 valence electrons. The second kappa shape index (κ2) is 9.81. The van der Waals surface area contributed by atoms with Crippen LogP contribution >= 0.6 is 23.4 Å². The molecule has 0 spiro atoms. The fourth-order valence-electron chi connectivity index (χ4n) is 3.23. The lowest BCUT2D eigenvalue weighted by atomic mass is 9.99. The first-order chi connectivity index (χ1) is 15.1. The number of benzene rings is 3. The van der Waals surface area contributed by atoms with Gasteiger partial charge in [0.05, 0.1) is 11.8 Å². The molecule has 0 bridgehead atoms. The SMILES string of the molecule is Cc1ccc(-n2cnnc2SCC(=O)NC(c2ccccc2)c2cccc(Cl)c2)cc1. The molecular formula is C24H21ClN4OS. The van der Waals surface area contributed by atoms with Crippen LogP contribution in [0.5, 0.6) is 0 Å². The molecular weight excluding hydrogens is 428 g/mol. The molecule has 4 rings (SSSR count). The van der Waals surface area contributed by atoms with Crippen molar-refractivity contribution in [2.24, 2.45) is 0 Å². The maximum absolute atomic E-state index is 12.9. The first-order valence-electron chi connectivity index (χ1n) is 9.80. The summed E-state index contributed by atoms with van der Waals surface area (Å²) in [4.78, 5) is 12.9. The quantitative estimate of drug-likeness (QED) is 0.393. The number of nitrogens with zero attached hydrogens (tertiary/aromatic N) is 3. The van der Waals surface area contributed by atoms with Gasteiger partial charge < -0.3 is 5.32 Å². The van der Waals surface area contributed by atoms with Crippen LogP contribution in [0, 0.1) is 6.92 Å². The van der Waals surface area contributed by atoms with Gasteiger partial charge in [-0.25, -0.2) is 0 Å². The predicted octanol–water partition coefficient (Wildman–Crippen LogP) is 5.23. The van der Waals surface area contributed by atoms with Crippen molar-refractivity contribution >= 4 is 29.3 Å². The number of aryl methyl sites for hydroxylation is 1. The minimum absolute atomic E-state index is 0.0997. The zero-order chi connectivity index (χ0) is 21.6. The van der Waals surface area contributed by atoms with E-state index in [0.717, 1.165) is 16.8 Å². The summed E-state index contributed by atoms with van der Waals surface area (Å²) in [6.07, 6.45) is 1.66. The molecule has 1 aromatic heterocycles. The highest BCUT2D eigenvalue weighted by Gasteiger charge is 2.18. The number of hydrogen-bond acceptors (Lipinski definition) is 4. The van der Waals surface area contributed by atoms with Crippen LogP contribution in [0.15, 0.2) is 90.3 Å². The maximum atomic E-state index is 12.9. The van der Waals surface area contributed by atoms with Crippen LogP contribution in [0.25, 0.3) is 5.69 Å². The third-order valence-electron chi connectivity index (χ3n) is 4.78. The summed E-state index contributed by atoms with van der Waals surface area (Å²) in [6.45, 7) is 2.04. The first-order valence-corrected chi connectivity index (χ1v) is 11.2. The summed E-state index contributed by atoms with van der Waals surface area (Å²) in [6, 6.07) is 25.2. The van der Waals surface area contributed by atoms with E-state index in [-0.39, 0.29) is 17.7 Å². The summed E-state index contributed by atoms with van der Waals surface area (Å²) < 4.78 is 1.88. The van der Waals surface area contributed by atoms with Crippen molar-refractivity contribution in [1.82, 2.24) is 20.1 Å². The second-order valence-corrected chi connectivity index (χ2v) is 8.45. The fourth-order valence-corrected chi connectivity index (χ4v) is 4.17. The molecule has 4 aromatic rings. The Balaban J connectivity index is 1.48. The Morgan fingerprint density at radius 2 is 1.77 bits per heavy atom. The molecule has 0 aliphatic rings. The number of halogens is 1. The second-order valence-electron chi connectivity index (χ2n) is 7.07. The number of thioether (sulfide) groups is 1. The number of carbonyl (C=O) groups is 1. The lowest BCUT2D eigenvalue weighted by molar-refractivity contribution is -0.119. The van der Waals surface area contributed by atoms with Crippen molar-refractivity contribution in [2.75, 3.05) is 5.75 Å². The van der Waals surface area contributed by atoms with E-state index >= 15 is 0 Å². The normalized spacial score (nSPS) is 11.8. The van der Waals surface area contributed by atoms with Crippen molar-refractivity contribution in [3.63, 3.8) is 0 Å². The largest absolute Gasteiger partial charge is 0.344 e. The average Bonchev–Trinajstić information content (AvgIpc) is 3.26. The molecule has 3 aromatic carbocycles. The van der Waals surface area contributed by atoms with Gasteiger partial charge in [0.15, 0.2) is 5.16 Å². The van der Waals surface area contributed by atoms with Gasteiger partial charge in [-0.2, -0.15) is 0 Å². The lowest BCUT2D eigenvalue weighted by Gasteiger charge is -2.20. The van der Waals surface area contributed by atoms with Gasteiger partial charge in [0, 0.05) is 10.7 Å². The van der Waals surface area contributed by atoms with Crippen LogP contribution in [0.4, 0.5) is 0 Å². The van der Waals surface area contributed by atoms with Crippen LogP contribution in [-0.2, 0) is 4.79 Å². The lowest BCUT2D eigenvalue weighted by Crippen LogP contribution is -2.30. The Hall–Kier alpha value is -3.09. The molecule has 31 heavy (non-hydrogen) atoms. The maximum Gasteiger partial charge on any atom is 0.231 e. The van der Waals surface area contributed by atoms with Gasteiger partial charge in [0.25, 0.3) is 0 Å². The smallest absolute Gasteiger partial charge is 0.231 e. The molecule has 0 fully saturated rings. The fraction of sp³-hybridized carbons (Fsp3) is 0.125. The average molecular weight is 449 g/mol. The Labute approximate surface area is 190 Å². The Kier molecular flexibility index (Phi) is 6.70. The third kappa shape index (κ3) is 5.34.